The molecule has 7 heteroatoms. The van der Waals surface area contributed by atoms with Crippen LogP contribution in [0.2, 0.25) is 5.02 Å². The Morgan fingerprint density at radius 1 is 1.39 bits per heavy atom. The summed E-state index contributed by atoms with van der Waals surface area (Å²) in [5.74, 6) is 0.718. The van der Waals surface area contributed by atoms with Crippen LogP contribution >= 0.6 is 35.6 Å². The lowest BCUT2D eigenvalue weighted by atomic mass is 10.1. The number of benzene rings is 1. The number of aromatic amines is 1. The summed E-state index contributed by atoms with van der Waals surface area (Å²) in [7, 11) is 3.67. The molecular formula is C16H22ClIN4O. The lowest BCUT2D eigenvalue weighted by Gasteiger charge is -2.23. The Bertz CT molecular complexity index is 618. The molecule has 0 spiro atoms. The molecule has 0 saturated heterocycles. The highest BCUT2D eigenvalue weighted by atomic mass is 127. The van der Waals surface area contributed by atoms with Crippen molar-refractivity contribution in [1.82, 2.24) is 15.2 Å². The van der Waals surface area contributed by atoms with E-state index >= 15 is 0 Å². The van der Waals surface area contributed by atoms with Crippen LogP contribution in [-0.2, 0) is 6.54 Å². The Labute approximate surface area is 158 Å². The molecule has 0 saturated carbocycles. The highest BCUT2D eigenvalue weighted by Crippen LogP contribution is 2.17. The Hall–Kier alpha value is -1.25. The lowest BCUT2D eigenvalue weighted by molar-refractivity contribution is 0.179. The maximum atomic E-state index is 10.2. The largest absolute Gasteiger partial charge is 0.387 e. The first-order chi connectivity index (χ1) is 10.6. The monoisotopic (exact) mass is 448 g/mol. The van der Waals surface area contributed by atoms with Crippen LogP contribution in [0, 0.1) is 0 Å². The number of nitrogens with one attached hydrogen (secondary N) is 2. The predicted molar refractivity (Wildman–Crippen MR) is 105 cm³/mol. The first-order valence-electron chi connectivity index (χ1n) is 7.07. The number of nitrogens with zero attached hydrogens (tertiary/aromatic N) is 2. The van der Waals surface area contributed by atoms with Gasteiger partial charge in [-0.15, -0.1) is 24.0 Å². The smallest absolute Gasteiger partial charge is 0.193 e. The first kappa shape index (κ1) is 19.8. The van der Waals surface area contributed by atoms with Crippen LogP contribution in [0.1, 0.15) is 17.4 Å². The maximum Gasteiger partial charge on any atom is 0.193 e. The number of aliphatic imine (C=N–C) groups is 1. The van der Waals surface area contributed by atoms with Gasteiger partial charge in [-0.2, -0.15) is 0 Å². The number of guanidine groups is 1. The molecule has 0 fully saturated rings. The normalized spacial score (nSPS) is 12.4. The van der Waals surface area contributed by atoms with Gasteiger partial charge in [0.15, 0.2) is 5.96 Å². The molecule has 0 radical (unpaired) electrons. The van der Waals surface area contributed by atoms with Crippen molar-refractivity contribution in [2.75, 3.05) is 20.6 Å². The minimum absolute atomic E-state index is 0. The van der Waals surface area contributed by atoms with Crippen LogP contribution in [0.3, 0.4) is 0 Å². The summed E-state index contributed by atoms with van der Waals surface area (Å²) in [5.41, 5.74) is 1.88. The van der Waals surface area contributed by atoms with Gasteiger partial charge in [0.25, 0.3) is 0 Å². The maximum absolute atomic E-state index is 10.2. The summed E-state index contributed by atoms with van der Waals surface area (Å²) in [6.07, 6.45) is 1.25. The van der Waals surface area contributed by atoms with Crippen LogP contribution in [0.15, 0.2) is 47.6 Å². The molecule has 0 aliphatic carbocycles. The average molecular weight is 449 g/mol. The molecule has 0 bridgehead atoms. The molecule has 1 atom stereocenters. The second-order valence-corrected chi connectivity index (χ2v) is 5.49. The number of hydrogen-bond acceptors (Lipinski definition) is 2. The second kappa shape index (κ2) is 9.79. The van der Waals surface area contributed by atoms with Crippen molar-refractivity contribution in [2.24, 2.45) is 4.99 Å². The number of halogens is 2. The fourth-order valence-corrected chi connectivity index (χ4v) is 2.40. The highest BCUT2D eigenvalue weighted by Gasteiger charge is 2.11. The molecule has 1 unspecified atom stereocenters. The molecule has 1 aromatic carbocycles. The highest BCUT2D eigenvalue weighted by molar-refractivity contribution is 14.0. The molecule has 5 nitrogen and oxygen atoms in total. The van der Waals surface area contributed by atoms with Gasteiger partial charge in [0.1, 0.15) is 0 Å². The van der Waals surface area contributed by atoms with Gasteiger partial charge in [0.2, 0.25) is 0 Å². The van der Waals surface area contributed by atoms with Crippen LogP contribution in [0.5, 0.6) is 0 Å². The molecule has 126 valence electrons. The van der Waals surface area contributed by atoms with E-state index in [4.69, 9.17) is 11.6 Å². The Morgan fingerprint density at radius 2 is 2.17 bits per heavy atom. The van der Waals surface area contributed by atoms with Gasteiger partial charge >= 0.3 is 0 Å². The van der Waals surface area contributed by atoms with Gasteiger partial charge in [0.05, 0.1) is 12.6 Å². The summed E-state index contributed by atoms with van der Waals surface area (Å²) in [5, 5.41) is 14.0. The molecule has 2 aromatic rings. The number of aliphatic hydroxyl groups excluding tert-OH is 1. The van der Waals surface area contributed by atoms with Crippen molar-refractivity contribution in [3.8, 4) is 0 Å². The number of aliphatic hydroxyl groups is 1. The average Bonchev–Trinajstić information content (AvgIpc) is 3.00. The van der Waals surface area contributed by atoms with E-state index in [-0.39, 0.29) is 24.0 Å². The van der Waals surface area contributed by atoms with Crippen LogP contribution < -0.4 is 5.32 Å². The molecule has 1 heterocycles. The number of hydrogen-bond donors (Lipinski definition) is 3. The molecule has 1 aromatic heterocycles. The summed E-state index contributed by atoms with van der Waals surface area (Å²) >= 11 is 5.94. The zero-order chi connectivity index (χ0) is 15.9. The van der Waals surface area contributed by atoms with E-state index in [9.17, 15) is 5.11 Å². The lowest BCUT2D eigenvalue weighted by Crippen LogP contribution is -2.40. The fourth-order valence-electron chi connectivity index (χ4n) is 2.20. The van der Waals surface area contributed by atoms with Gasteiger partial charge in [-0.3, -0.25) is 4.99 Å². The Balaban J connectivity index is 0.00000264. The van der Waals surface area contributed by atoms with Crippen molar-refractivity contribution in [3.63, 3.8) is 0 Å². The van der Waals surface area contributed by atoms with Crippen LogP contribution in [-0.4, -0.2) is 41.6 Å². The van der Waals surface area contributed by atoms with Crippen molar-refractivity contribution in [1.29, 1.82) is 0 Å². The minimum atomic E-state index is -0.644. The molecule has 2 rings (SSSR count). The third kappa shape index (κ3) is 6.04. The van der Waals surface area contributed by atoms with Gasteiger partial charge in [-0.25, -0.2) is 0 Å². The SMILES string of the molecule is CN=C(NCC(O)c1cccc(Cl)c1)N(C)Cc1ccc[nH]1.I. The third-order valence-corrected chi connectivity index (χ3v) is 3.57. The zero-order valence-electron chi connectivity index (χ0n) is 13.2. The molecule has 0 aliphatic rings. The third-order valence-electron chi connectivity index (χ3n) is 3.33. The number of H-pyrrole nitrogens is 1. The predicted octanol–water partition coefficient (Wildman–Crippen LogP) is 3.03. The van der Waals surface area contributed by atoms with Crippen molar-refractivity contribution < 1.29 is 5.11 Å². The van der Waals surface area contributed by atoms with E-state index in [2.05, 4.69) is 15.3 Å². The molecule has 3 N–H and O–H groups in total. The van der Waals surface area contributed by atoms with Gasteiger partial charge in [-0.05, 0) is 29.8 Å². The Kier molecular flexibility index (Phi) is 8.43. The van der Waals surface area contributed by atoms with E-state index in [1.54, 1.807) is 19.2 Å². The molecular weight excluding hydrogens is 427 g/mol. The quantitative estimate of drug-likeness (QED) is 0.374. The second-order valence-electron chi connectivity index (χ2n) is 5.05. The van der Waals surface area contributed by atoms with Crippen LogP contribution in [0.4, 0.5) is 0 Å². The van der Waals surface area contributed by atoms with E-state index in [0.717, 1.165) is 17.2 Å². The number of aromatic nitrogens is 1. The van der Waals surface area contributed by atoms with Crippen molar-refractivity contribution >= 4 is 41.5 Å². The summed E-state index contributed by atoms with van der Waals surface area (Å²) in [6, 6.07) is 11.2. The number of rotatable bonds is 5. The van der Waals surface area contributed by atoms with E-state index in [1.165, 1.54) is 0 Å². The van der Waals surface area contributed by atoms with E-state index in [0.29, 0.717) is 18.1 Å². The fraction of sp³-hybridized carbons (Fsp3) is 0.312. The topological polar surface area (TPSA) is 63.7 Å². The zero-order valence-corrected chi connectivity index (χ0v) is 16.2. The summed E-state index contributed by atoms with van der Waals surface area (Å²) < 4.78 is 0. The standard InChI is InChI=1S/C16H21ClN4O.HI/c1-18-16(21(2)11-14-7-4-8-19-14)20-10-15(22)12-5-3-6-13(17)9-12;/h3-9,15,19,22H,10-11H2,1-2H3,(H,18,20);1H. The summed E-state index contributed by atoms with van der Waals surface area (Å²) in [4.78, 5) is 9.37. The van der Waals surface area contributed by atoms with Crippen molar-refractivity contribution in [2.45, 2.75) is 12.6 Å². The van der Waals surface area contributed by atoms with Crippen LogP contribution in [0.25, 0.3) is 0 Å². The molecule has 0 aliphatic heterocycles. The molecule has 0 amide bonds. The van der Waals surface area contributed by atoms with E-state index < -0.39 is 6.10 Å². The summed E-state index contributed by atoms with van der Waals surface area (Å²) in [6.45, 7) is 1.07. The van der Waals surface area contributed by atoms with Gasteiger partial charge in [0, 0.05) is 37.6 Å². The Morgan fingerprint density at radius 3 is 2.78 bits per heavy atom. The molecule has 23 heavy (non-hydrogen) atoms. The van der Waals surface area contributed by atoms with E-state index in [1.807, 2.05) is 42.4 Å². The van der Waals surface area contributed by atoms with Crippen molar-refractivity contribution in [3.05, 3.63) is 58.9 Å². The van der Waals surface area contributed by atoms with Gasteiger partial charge in [-0.1, -0.05) is 23.7 Å². The van der Waals surface area contributed by atoms with Gasteiger partial charge < -0.3 is 20.3 Å². The minimum Gasteiger partial charge on any atom is -0.387 e. The first-order valence-corrected chi connectivity index (χ1v) is 7.45.